The molecule has 0 saturated carbocycles. The number of benzene rings is 1. The van der Waals surface area contributed by atoms with Crippen molar-refractivity contribution in [1.29, 1.82) is 0 Å². The Kier molecular flexibility index (Phi) is 5.45. The zero-order valence-electron chi connectivity index (χ0n) is 15.9. The Morgan fingerprint density at radius 1 is 0.963 bits per heavy atom. The Bertz CT molecular complexity index is 695. The number of ether oxygens (including phenoxy) is 2. The van der Waals surface area contributed by atoms with Crippen LogP contribution >= 0.6 is 0 Å². The van der Waals surface area contributed by atoms with Gasteiger partial charge in [0.15, 0.2) is 0 Å². The summed E-state index contributed by atoms with van der Waals surface area (Å²) in [5.74, 6) is 0.865. The van der Waals surface area contributed by atoms with Gasteiger partial charge < -0.3 is 19.3 Å². The summed E-state index contributed by atoms with van der Waals surface area (Å²) in [5, 5.41) is 0. The van der Waals surface area contributed by atoms with Gasteiger partial charge in [0.05, 0.1) is 17.4 Å². The fraction of sp³-hybridized carbons (Fsp3) is 0.619. The molecule has 0 bridgehead atoms. The molecule has 4 rings (SSSR count). The van der Waals surface area contributed by atoms with Crippen LogP contribution < -0.4 is 9.80 Å². The van der Waals surface area contributed by atoms with Crippen LogP contribution in [-0.2, 0) is 19.1 Å². The van der Waals surface area contributed by atoms with Crippen LogP contribution in [0, 0.1) is 11.8 Å². The van der Waals surface area contributed by atoms with Crippen molar-refractivity contribution in [3.8, 4) is 0 Å². The summed E-state index contributed by atoms with van der Waals surface area (Å²) in [4.78, 5) is 29.7. The minimum Gasteiger partial charge on any atom is -0.381 e. The van der Waals surface area contributed by atoms with E-state index in [0.717, 1.165) is 37.4 Å². The molecule has 1 aromatic carbocycles. The number of carbonyl (C=O) groups excluding carboxylic acids is 2. The first kappa shape index (κ1) is 18.4. The molecule has 0 N–H and O–H groups in total. The number of anilines is 2. The van der Waals surface area contributed by atoms with Gasteiger partial charge in [0.25, 0.3) is 0 Å². The van der Waals surface area contributed by atoms with Gasteiger partial charge >= 0.3 is 0 Å². The normalized spacial score (nSPS) is 27.7. The summed E-state index contributed by atoms with van der Waals surface area (Å²) in [7, 11) is 0. The Hall–Kier alpha value is -1.92. The van der Waals surface area contributed by atoms with Crippen LogP contribution in [0.5, 0.6) is 0 Å². The van der Waals surface area contributed by atoms with Gasteiger partial charge in [0, 0.05) is 45.8 Å². The molecule has 1 aromatic rings. The fourth-order valence-electron chi connectivity index (χ4n) is 4.39. The van der Waals surface area contributed by atoms with E-state index in [2.05, 4.69) is 0 Å². The molecule has 27 heavy (non-hydrogen) atoms. The summed E-state index contributed by atoms with van der Waals surface area (Å²) in [6.45, 7) is 5.40. The molecule has 2 amide bonds. The van der Waals surface area contributed by atoms with Crippen LogP contribution in [0.15, 0.2) is 24.3 Å². The van der Waals surface area contributed by atoms with Gasteiger partial charge in [-0.15, -0.1) is 0 Å². The Morgan fingerprint density at radius 2 is 1.56 bits per heavy atom. The topological polar surface area (TPSA) is 59.1 Å². The number of fused-ring (bicyclic) bond motifs is 1. The lowest BCUT2D eigenvalue weighted by atomic mass is 10.00. The molecule has 2 fully saturated rings. The summed E-state index contributed by atoms with van der Waals surface area (Å²) in [6, 6.07) is 7.72. The molecule has 0 aliphatic carbocycles. The van der Waals surface area contributed by atoms with Crippen LogP contribution in [0.3, 0.4) is 0 Å². The standard InChI is InChI=1S/C21H28N2O4/c1-15-12-22(20(24)10-16-6-8-26-13-16)18-4-2-3-5-19(18)23(15)21(25)11-17-7-9-27-14-17/h2-5,15-17H,6-14H2,1H3/t15?,16-,17-/m1/s1. The van der Waals surface area contributed by atoms with Gasteiger partial charge in [-0.1, -0.05) is 12.1 Å². The zero-order chi connectivity index (χ0) is 18.8. The molecule has 0 radical (unpaired) electrons. The summed E-state index contributed by atoms with van der Waals surface area (Å²) < 4.78 is 10.8. The van der Waals surface area contributed by atoms with E-state index >= 15 is 0 Å². The molecule has 0 spiro atoms. The van der Waals surface area contributed by atoms with Crippen molar-refractivity contribution in [2.24, 2.45) is 11.8 Å². The maximum Gasteiger partial charge on any atom is 0.227 e. The monoisotopic (exact) mass is 372 g/mol. The van der Waals surface area contributed by atoms with Crippen LogP contribution in [-0.4, -0.2) is 50.8 Å². The Balaban J connectivity index is 1.54. The van der Waals surface area contributed by atoms with Crippen LogP contribution in [0.2, 0.25) is 0 Å². The lowest BCUT2D eigenvalue weighted by molar-refractivity contribution is -0.121. The van der Waals surface area contributed by atoms with Gasteiger partial charge in [-0.2, -0.15) is 0 Å². The maximum atomic E-state index is 13.0. The maximum absolute atomic E-state index is 13.0. The van der Waals surface area contributed by atoms with Crippen molar-refractivity contribution in [2.45, 2.75) is 38.6 Å². The molecule has 6 heteroatoms. The minimum absolute atomic E-state index is 0.0431. The van der Waals surface area contributed by atoms with Crippen molar-refractivity contribution >= 4 is 23.2 Å². The molecule has 3 heterocycles. The van der Waals surface area contributed by atoms with Gasteiger partial charge in [0.1, 0.15) is 0 Å². The number of nitrogens with zero attached hydrogens (tertiary/aromatic N) is 2. The first-order valence-electron chi connectivity index (χ1n) is 10.0. The number of hydrogen-bond donors (Lipinski definition) is 0. The van der Waals surface area contributed by atoms with E-state index in [1.54, 1.807) is 0 Å². The van der Waals surface area contributed by atoms with Crippen LogP contribution in [0.1, 0.15) is 32.6 Å². The number of amides is 2. The van der Waals surface area contributed by atoms with Gasteiger partial charge in [-0.3, -0.25) is 9.59 Å². The smallest absolute Gasteiger partial charge is 0.227 e. The third kappa shape index (κ3) is 3.87. The van der Waals surface area contributed by atoms with E-state index in [0.29, 0.717) is 44.4 Å². The number of hydrogen-bond acceptors (Lipinski definition) is 4. The third-order valence-corrected chi connectivity index (χ3v) is 5.86. The van der Waals surface area contributed by atoms with Gasteiger partial charge in [0.2, 0.25) is 11.8 Å². The predicted molar refractivity (Wildman–Crippen MR) is 103 cm³/mol. The molecular formula is C21H28N2O4. The number of rotatable bonds is 4. The summed E-state index contributed by atoms with van der Waals surface area (Å²) in [6.07, 6.45) is 2.91. The Morgan fingerprint density at radius 3 is 2.15 bits per heavy atom. The lowest BCUT2D eigenvalue weighted by Gasteiger charge is -2.41. The van der Waals surface area contributed by atoms with Crippen LogP contribution in [0.4, 0.5) is 11.4 Å². The lowest BCUT2D eigenvalue weighted by Crippen LogP contribution is -2.52. The molecule has 3 aliphatic heterocycles. The van der Waals surface area contributed by atoms with E-state index in [1.807, 2.05) is 41.0 Å². The van der Waals surface area contributed by atoms with Gasteiger partial charge in [-0.25, -0.2) is 0 Å². The number of carbonyl (C=O) groups is 2. The minimum atomic E-state index is -0.0431. The van der Waals surface area contributed by atoms with Crippen molar-refractivity contribution < 1.29 is 19.1 Å². The first-order chi connectivity index (χ1) is 13.1. The molecule has 2 saturated heterocycles. The highest BCUT2D eigenvalue weighted by molar-refractivity contribution is 6.04. The second kappa shape index (κ2) is 7.98. The average molecular weight is 372 g/mol. The SMILES string of the molecule is CC1CN(C(=O)C[C@H]2CCOC2)c2ccccc2N1C(=O)C[C@H]1CCOC1. The van der Waals surface area contributed by atoms with E-state index in [9.17, 15) is 9.59 Å². The molecule has 1 unspecified atom stereocenters. The number of para-hydroxylation sites is 2. The molecule has 0 aromatic heterocycles. The molecule has 3 atom stereocenters. The average Bonchev–Trinajstić information content (AvgIpc) is 3.35. The van der Waals surface area contributed by atoms with Crippen molar-refractivity contribution in [3.63, 3.8) is 0 Å². The van der Waals surface area contributed by atoms with E-state index in [1.165, 1.54) is 0 Å². The molecule has 6 nitrogen and oxygen atoms in total. The molecular weight excluding hydrogens is 344 g/mol. The molecule has 146 valence electrons. The van der Waals surface area contributed by atoms with Crippen LogP contribution in [0.25, 0.3) is 0 Å². The summed E-state index contributed by atoms with van der Waals surface area (Å²) >= 11 is 0. The second-order valence-corrected chi connectivity index (χ2v) is 7.97. The molecule has 3 aliphatic rings. The highest BCUT2D eigenvalue weighted by Crippen LogP contribution is 2.37. The highest BCUT2D eigenvalue weighted by Gasteiger charge is 2.36. The van der Waals surface area contributed by atoms with Crippen molar-refractivity contribution in [1.82, 2.24) is 0 Å². The van der Waals surface area contributed by atoms with Gasteiger partial charge in [-0.05, 0) is 43.7 Å². The Labute approximate surface area is 160 Å². The van der Waals surface area contributed by atoms with Crippen molar-refractivity contribution in [2.75, 3.05) is 42.8 Å². The zero-order valence-corrected chi connectivity index (χ0v) is 15.9. The second-order valence-electron chi connectivity index (χ2n) is 7.97. The highest BCUT2D eigenvalue weighted by atomic mass is 16.5. The predicted octanol–water partition coefficient (Wildman–Crippen LogP) is 2.61. The largest absolute Gasteiger partial charge is 0.381 e. The van der Waals surface area contributed by atoms with E-state index < -0.39 is 0 Å². The third-order valence-electron chi connectivity index (χ3n) is 5.86. The first-order valence-corrected chi connectivity index (χ1v) is 10.0. The van der Waals surface area contributed by atoms with Crippen molar-refractivity contribution in [3.05, 3.63) is 24.3 Å². The fourth-order valence-corrected chi connectivity index (χ4v) is 4.39. The van der Waals surface area contributed by atoms with E-state index in [-0.39, 0.29) is 17.9 Å². The quantitative estimate of drug-likeness (QED) is 0.815. The van der Waals surface area contributed by atoms with E-state index in [4.69, 9.17) is 9.47 Å². The summed E-state index contributed by atoms with van der Waals surface area (Å²) in [5.41, 5.74) is 1.69.